The van der Waals surface area contributed by atoms with E-state index in [9.17, 15) is 9.59 Å². The molecule has 0 saturated heterocycles. The molecule has 0 aromatic carbocycles. The van der Waals surface area contributed by atoms with Gasteiger partial charge in [0.15, 0.2) is 6.10 Å². The van der Waals surface area contributed by atoms with Crippen LogP contribution in [0.3, 0.4) is 0 Å². The Morgan fingerprint density at radius 3 is 1.51 bits per heavy atom. The van der Waals surface area contributed by atoms with Gasteiger partial charge in [-0.1, -0.05) is 117 Å². The Morgan fingerprint density at radius 1 is 0.581 bits per heavy atom. The van der Waals surface area contributed by atoms with Gasteiger partial charge in [0, 0.05) is 12.8 Å². The Balaban J connectivity index is 4.57. The van der Waals surface area contributed by atoms with Crippen molar-refractivity contribution in [3.05, 3.63) is 0 Å². The molecule has 0 saturated carbocycles. The molecule has 0 spiro atoms. The number of quaternary nitrogens is 1. The van der Waals surface area contributed by atoms with Gasteiger partial charge in [-0.15, -0.1) is 0 Å². The fourth-order valence-electron chi connectivity index (χ4n) is 4.53. The zero-order valence-corrected chi connectivity index (χ0v) is 29.9. The summed E-state index contributed by atoms with van der Waals surface area (Å²) in [6, 6.07) is 0. The molecule has 0 aromatic rings. The van der Waals surface area contributed by atoms with Crippen molar-refractivity contribution in [3.8, 4) is 0 Å². The summed E-state index contributed by atoms with van der Waals surface area (Å²) in [5, 5.41) is 0. The smallest absolute Gasteiger partial charge is 0.332 e. The van der Waals surface area contributed by atoms with Crippen LogP contribution in [0.5, 0.6) is 0 Å². The van der Waals surface area contributed by atoms with Crippen LogP contribution in [0.25, 0.3) is 0 Å². The number of carbonyl (C=O) groups is 2. The summed E-state index contributed by atoms with van der Waals surface area (Å²) in [5.41, 5.74) is 0. The lowest BCUT2D eigenvalue weighted by Crippen LogP contribution is -2.37. The Morgan fingerprint density at radius 2 is 1.05 bits per heavy atom. The Kier molecular flexibility index (Phi) is 29.3. The zero-order chi connectivity index (χ0) is 32.0. The molecule has 0 aliphatic carbocycles. The molecule has 0 heterocycles. The van der Waals surface area contributed by atoms with E-state index in [1.165, 1.54) is 77.0 Å². The lowest BCUT2D eigenvalue weighted by atomic mass is 10.1. The zero-order valence-electron chi connectivity index (χ0n) is 29.0. The van der Waals surface area contributed by atoms with E-state index < -0.39 is 14.7 Å². The lowest BCUT2D eigenvalue weighted by Gasteiger charge is -2.25. The van der Waals surface area contributed by atoms with E-state index in [0.29, 0.717) is 26.1 Å². The minimum absolute atomic E-state index is 0.0199. The Bertz CT molecular complexity index is 645. The van der Waals surface area contributed by atoms with Crippen LogP contribution >= 0.6 is 8.60 Å². The summed E-state index contributed by atoms with van der Waals surface area (Å²) >= 11 is 0. The summed E-state index contributed by atoms with van der Waals surface area (Å²) in [7, 11) is 4.71. The average Bonchev–Trinajstić information content (AvgIpc) is 2.96. The van der Waals surface area contributed by atoms with Crippen molar-refractivity contribution < 1.29 is 37.1 Å². The van der Waals surface area contributed by atoms with Gasteiger partial charge < -0.3 is 27.5 Å². The van der Waals surface area contributed by atoms with E-state index in [4.69, 9.17) is 23.0 Å². The number of nitrogens with zero attached hydrogens (tertiary/aromatic N) is 1. The van der Waals surface area contributed by atoms with Crippen molar-refractivity contribution in [3.63, 3.8) is 0 Å². The highest BCUT2D eigenvalue weighted by atomic mass is 31.2. The molecule has 0 fully saturated rings. The van der Waals surface area contributed by atoms with E-state index in [0.717, 1.165) is 49.6 Å². The monoisotopic (exact) mass is 634 g/mol. The Labute approximate surface area is 266 Å². The molecule has 8 nitrogen and oxygen atoms in total. The number of unbranched alkanes of at least 4 members (excludes halogenated alkanes) is 16. The average molecular weight is 635 g/mol. The van der Waals surface area contributed by atoms with Gasteiger partial charge in [-0.3, -0.25) is 9.59 Å². The highest BCUT2D eigenvalue weighted by Crippen LogP contribution is 2.39. The quantitative estimate of drug-likeness (QED) is 0.0316. The molecule has 0 radical (unpaired) electrons. The molecule has 1 unspecified atom stereocenters. The fraction of sp³-hybridized carbons (Fsp3) is 0.941. The third-order valence-electron chi connectivity index (χ3n) is 7.26. The third-order valence-corrected chi connectivity index (χ3v) is 8.48. The van der Waals surface area contributed by atoms with Crippen molar-refractivity contribution in [1.82, 2.24) is 0 Å². The highest BCUT2D eigenvalue weighted by Gasteiger charge is 2.22. The summed E-state index contributed by atoms with van der Waals surface area (Å²) in [6.07, 6.45) is 21.5. The van der Waals surface area contributed by atoms with Crippen molar-refractivity contribution in [1.29, 1.82) is 0 Å². The second-order valence-corrected chi connectivity index (χ2v) is 14.0. The first-order valence-corrected chi connectivity index (χ1v) is 18.7. The summed E-state index contributed by atoms with van der Waals surface area (Å²) in [5.74, 6) is -0.535. The van der Waals surface area contributed by atoms with Crippen LogP contribution in [0.4, 0.5) is 0 Å². The van der Waals surface area contributed by atoms with Gasteiger partial charge in [0.2, 0.25) is 0 Å². The van der Waals surface area contributed by atoms with Gasteiger partial charge >= 0.3 is 20.5 Å². The first kappa shape index (κ1) is 42.2. The highest BCUT2D eigenvalue weighted by molar-refractivity contribution is 7.41. The number of ether oxygens (including phenoxy) is 2. The SMILES string of the molecule is CCCCCCCCCCCC(=O)OC[C@@H](COP(OCC)OCC[N+](C)(C)C)OC(=O)CCCCCCCCCCC. The molecule has 0 amide bonds. The van der Waals surface area contributed by atoms with Crippen molar-refractivity contribution >= 4 is 20.5 Å². The lowest BCUT2D eigenvalue weighted by molar-refractivity contribution is -0.870. The summed E-state index contributed by atoms with van der Waals surface area (Å²) in [6.45, 7) is 8.15. The van der Waals surface area contributed by atoms with E-state index in [1.807, 2.05) is 6.92 Å². The first-order valence-electron chi connectivity index (χ1n) is 17.6. The normalized spacial score (nSPS) is 13.2. The molecule has 256 valence electrons. The predicted molar refractivity (Wildman–Crippen MR) is 178 cm³/mol. The van der Waals surface area contributed by atoms with Gasteiger partial charge in [-0.05, 0) is 19.8 Å². The van der Waals surface area contributed by atoms with Crippen LogP contribution in [0.1, 0.15) is 149 Å². The largest absolute Gasteiger partial charge is 0.462 e. The minimum Gasteiger partial charge on any atom is -0.462 e. The second-order valence-electron chi connectivity index (χ2n) is 12.7. The molecule has 0 N–H and O–H groups in total. The number of hydrogen-bond donors (Lipinski definition) is 0. The molecule has 0 aliphatic rings. The molecular formula is C34H69NO7P+. The maximum absolute atomic E-state index is 12.6. The van der Waals surface area contributed by atoms with Gasteiger partial charge in [0.1, 0.15) is 19.8 Å². The summed E-state index contributed by atoms with van der Waals surface area (Å²) in [4.78, 5) is 25.1. The molecule has 0 rings (SSSR count). The summed E-state index contributed by atoms with van der Waals surface area (Å²) < 4.78 is 29.4. The number of carbonyl (C=O) groups excluding carboxylic acids is 2. The number of esters is 2. The number of likely N-dealkylation sites (N-methyl/N-ethyl adjacent to an activating group) is 1. The van der Waals surface area contributed by atoms with Gasteiger partial charge in [0.25, 0.3) is 0 Å². The van der Waals surface area contributed by atoms with E-state index in [2.05, 4.69) is 35.0 Å². The molecule has 0 aliphatic heterocycles. The first-order chi connectivity index (χ1) is 20.7. The van der Waals surface area contributed by atoms with Crippen molar-refractivity contribution in [2.45, 2.75) is 155 Å². The van der Waals surface area contributed by atoms with Gasteiger partial charge in [0.05, 0.1) is 34.4 Å². The van der Waals surface area contributed by atoms with Crippen molar-refractivity contribution in [2.75, 3.05) is 54.1 Å². The van der Waals surface area contributed by atoms with Gasteiger partial charge in [-0.2, -0.15) is 0 Å². The van der Waals surface area contributed by atoms with E-state index >= 15 is 0 Å². The fourth-order valence-corrected chi connectivity index (χ4v) is 5.48. The molecule has 9 heteroatoms. The second kappa shape index (κ2) is 29.9. The van der Waals surface area contributed by atoms with Crippen LogP contribution in [0, 0.1) is 0 Å². The molecule has 43 heavy (non-hydrogen) atoms. The van der Waals surface area contributed by atoms with Crippen molar-refractivity contribution in [2.24, 2.45) is 0 Å². The van der Waals surface area contributed by atoms with E-state index in [-0.39, 0.29) is 25.2 Å². The van der Waals surface area contributed by atoms with Crippen LogP contribution in [-0.2, 0) is 32.6 Å². The Hall–Kier alpha value is -0.790. The molecule has 0 bridgehead atoms. The van der Waals surface area contributed by atoms with Gasteiger partial charge in [-0.25, -0.2) is 0 Å². The predicted octanol–water partition coefficient (Wildman–Crippen LogP) is 9.29. The van der Waals surface area contributed by atoms with Crippen LogP contribution < -0.4 is 0 Å². The molecule has 2 atom stereocenters. The maximum atomic E-state index is 12.6. The standard InChI is InChI=1S/C34H69NO7P/c1-7-10-12-14-16-18-20-22-24-26-33(36)38-30-32(31-41-43(39-9-3)40-29-28-35(4,5)6)42-34(37)27-25-23-21-19-17-15-13-11-8-2/h32H,7-31H2,1-6H3/q+1/t32-,43?/m0/s1. The van der Waals surface area contributed by atoms with E-state index in [1.54, 1.807) is 0 Å². The minimum atomic E-state index is -1.58. The maximum Gasteiger partial charge on any atom is 0.332 e. The topological polar surface area (TPSA) is 80.3 Å². The molecular weight excluding hydrogens is 565 g/mol. The van der Waals surface area contributed by atoms with Crippen LogP contribution in [0.2, 0.25) is 0 Å². The van der Waals surface area contributed by atoms with Crippen LogP contribution in [-0.4, -0.2) is 76.6 Å². The third kappa shape index (κ3) is 31.0. The number of hydrogen-bond acceptors (Lipinski definition) is 7. The molecule has 0 aromatic heterocycles. The van der Waals surface area contributed by atoms with Crippen LogP contribution in [0.15, 0.2) is 0 Å². The number of rotatable bonds is 32.